The van der Waals surface area contributed by atoms with Crippen molar-refractivity contribution in [3.05, 3.63) is 52.3 Å². The van der Waals surface area contributed by atoms with Crippen LogP contribution in [0.15, 0.2) is 41.0 Å². The van der Waals surface area contributed by atoms with Gasteiger partial charge in [-0.25, -0.2) is 0 Å². The van der Waals surface area contributed by atoms with E-state index in [0.29, 0.717) is 22.3 Å². The van der Waals surface area contributed by atoms with Crippen LogP contribution < -0.4 is 5.32 Å². The Hall–Kier alpha value is -1.95. The average molecular weight is 308 g/mol. The first kappa shape index (κ1) is 12.5. The molecule has 2 N–H and O–H groups in total. The standard InChI is InChI=1S/C12H10BrN3O2/c13-10-4-3-8(6-11(10)17)12(18)14-7-9-2-1-5-15-16-9/h1-6,17H,7H2,(H,14,18). The topological polar surface area (TPSA) is 75.1 Å². The summed E-state index contributed by atoms with van der Waals surface area (Å²) in [6, 6.07) is 8.16. The van der Waals surface area contributed by atoms with Gasteiger partial charge in [0.05, 0.1) is 16.7 Å². The Bertz CT molecular complexity index is 561. The second-order valence-electron chi connectivity index (χ2n) is 3.56. The largest absolute Gasteiger partial charge is 0.507 e. The summed E-state index contributed by atoms with van der Waals surface area (Å²) in [7, 11) is 0. The van der Waals surface area contributed by atoms with Crippen LogP contribution in [0.2, 0.25) is 0 Å². The molecule has 1 amide bonds. The zero-order valence-electron chi connectivity index (χ0n) is 9.30. The van der Waals surface area contributed by atoms with Crippen molar-refractivity contribution in [3.63, 3.8) is 0 Å². The monoisotopic (exact) mass is 307 g/mol. The summed E-state index contributed by atoms with van der Waals surface area (Å²) >= 11 is 3.15. The number of phenolic OH excluding ortho intramolecular Hbond substituents is 1. The molecule has 0 radical (unpaired) electrons. The van der Waals surface area contributed by atoms with E-state index < -0.39 is 0 Å². The van der Waals surface area contributed by atoms with E-state index >= 15 is 0 Å². The van der Waals surface area contributed by atoms with Crippen LogP contribution in [-0.4, -0.2) is 21.2 Å². The van der Waals surface area contributed by atoms with Crippen molar-refractivity contribution in [2.24, 2.45) is 0 Å². The van der Waals surface area contributed by atoms with Gasteiger partial charge in [-0.05, 0) is 46.3 Å². The van der Waals surface area contributed by atoms with Gasteiger partial charge in [-0.2, -0.15) is 10.2 Å². The molecule has 1 aromatic heterocycles. The van der Waals surface area contributed by atoms with Crippen molar-refractivity contribution in [1.29, 1.82) is 0 Å². The van der Waals surface area contributed by atoms with Crippen LogP contribution in [0, 0.1) is 0 Å². The molecule has 1 aromatic carbocycles. The molecular formula is C12H10BrN3O2. The van der Waals surface area contributed by atoms with Gasteiger partial charge in [0, 0.05) is 11.8 Å². The first-order chi connectivity index (χ1) is 8.66. The van der Waals surface area contributed by atoms with Gasteiger partial charge in [0.25, 0.3) is 5.91 Å². The molecule has 0 saturated carbocycles. The summed E-state index contributed by atoms with van der Waals surface area (Å²) in [6.45, 7) is 0.295. The Labute approximate surface area is 112 Å². The highest BCUT2D eigenvalue weighted by atomic mass is 79.9. The quantitative estimate of drug-likeness (QED) is 0.908. The summed E-state index contributed by atoms with van der Waals surface area (Å²) in [5, 5.41) is 19.7. The molecule has 92 valence electrons. The van der Waals surface area contributed by atoms with Crippen molar-refractivity contribution in [3.8, 4) is 5.75 Å². The third kappa shape index (κ3) is 3.04. The van der Waals surface area contributed by atoms with Crippen LogP contribution in [0.4, 0.5) is 0 Å². The molecule has 0 aliphatic rings. The molecule has 2 aromatic rings. The molecule has 0 saturated heterocycles. The molecule has 0 aliphatic heterocycles. The summed E-state index contributed by atoms with van der Waals surface area (Å²) in [5.74, 6) is -0.245. The normalized spacial score (nSPS) is 10.1. The van der Waals surface area contributed by atoms with Gasteiger partial charge in [-0.1, -0.05) is 0 Å². The van der Waals surface area contributed by atoms with Gasteiger partial charge >= 0.3 is 0 Å². The minimum atomic E-state index is -0.275. The smallest absolute Gasteiger partial charge is 0.251 e. The molecule has 0 unspecified atom stereocenters. The van der Waals surface area contributed by atoms with Crippen LogP contribution in [0.3, 0.4) is 0 Å². The van der Waals surface area contributed by atoms with Crippen LogP contribution >= 0.6 is 15.9 Å². The van der Waals surface area contributed by atoms with Gasteiger partial charge < -0.3 is 10.4 Å². The Balaban J connectivity index is 2.02. The Morgan fingerprint density at radius 2 is 2.22 bits per heavy atom. The number of aromatic nitrogens is 2. The number of hydrogen-bond donors (Lipinski definition) is 2. The van der Waals surface area contributed by atoms with E-state index in [-0.39, 0.29) is 11.7 Å². The van der Waals surface area contributed by atoms with E-state index in [9.17, 15) is 9.90 Å². The molecular weight excluding hydrogens is 298 g/mol. The molecule has 6 heteroatoms. The lowest BCUT2D eigenvalue weighted by Gasteiger charge is -2.05. The molecule has 1 heterocycles. The predicted molar refractivity (Wildman–Crippen MR) is 69.0 cm³/mol. The van der Waals surface area contributed by atoms with Gasteiger partial charge in [-0.15, -0.1) is 0 Å². The summed E-state index contributed by atoms with van der Waals surface area (Å²) in [4.78, 5) is 11.8. The first-order valence-corrected chi connectivity index (χ1v) is 5.99. The molecule has 0 bridgehead atoms. The van der Waals surface area contributed by atoms with Crippen LogP contribution in [0.1, 0.15) is 16.1 Å². The van der Waals surface area contributed by atoms with E-state index in [1.807, 2.05) is 0 Å². The van der Waals surface area contributed by atoms with Crippen molar-refractivity contribution >= 4 is 21.8 Å². The SMILES string of the molecule is O=C(NCc1cccnn1)c1ccc(Br)c(O)c1. The third-order valence-electron chi connectivity index (χ3n) is 2.27. The highest BCUT2D eigenvalue weighted by Gasteiger charge is 2.08. The molecule has 2 rings (SSSR count). The van der Waals surface area contributed by atoms with E-state index in [2.05, 4.69) is 31.4 Å². The lowest BCUT2D eigenvalue weighted by molar-refractivity contribution is 0.0950. The summed E-state index contributed by atoms with van der Waals surface area (Å²) in [5.41, 5.74) is 1.06. The fourth-order valence-electron chi connectivity index (χ4n) is 1.35. The average Bonchev–Trinajstić information content (AvgIpc) is 2.40. The Morgan fingerprint density at radius 3 is 2.89 bits per heavy atom. The summed E-state index contributed by atoms with van der Waals surface area (Å²) in [6.07, 6.45) is 1.57. The maximum absolute atomic E-state index is 11.8. The second-order valence-corrected chi connectivity index (χ2v) is 4.42. The first-order valence-electron chi connectivity index (χ1n) is 5.20. The van der Waals surface area contributed by atoms with Crippen molar-refractivity contribution in [2.75, 3.05) is 0 Å². The fourth-order valence-corrected chi connectivity index (χ4v) is 1.60. The highest BCUT2D eigenvalue weighted by Crippen LogP contribution is 2.24. The van der Waals surface area contributed by atoms with E-state index in [0.717, 1.165) is 0 Å². The molecule has 0 aliphatic carbocycles. The minimum absolute atomic E-state index is 0.0298. The number of benzene rings is 1. The molecule has 0 spiro atoms. The maximum Gasteiger partial charge on any atom is 0.251 e. The molecule has 0 fully saturated rings. The zero-order valence-corrected chi connectivity index (χ0v) is 10.9. The Kier molecular flexibility index (Phi) is 3.88. The van der Waals surface area contributed by atoms with Crippen molar-refractivity contribution in [2.45, 2.75) is 6.54 Å². The fraction of sp³-hybridized carbons (Fsp3) is 0.0833. The number of nitrogens with one attached hydrogen (secondary N) is 1. The number of carbonyl (C=O) groups is 1. The number of aromatic hydroxyl groups is 1. The highest BCUT2D eigenvalue weighted by molar-refractivity contribution is 9.10. The Morgan fingerprint density at radius 1 is 1.39 bits per heavy atom. The number of carbonyl (C=O) groups excluding carboxylic acids is 1. The van der Waals surface area contributed by atoms with Gasteiger partial charge in [0.1, 0.15) is 5.75 Å². The number of rotatable bonds is 3. The van der Waals surface area contributed by atoms with Gasteiger partial charge in [0.15, 0.2) is 0 Å². The molecule has 0 atom stereocenters. The second kappa shape index (κ2) is 5.59. The number of hydrogen-bond acceptors (Lipinski definition) is 4. The lowest BCUT2D eigenvalue weighted by atomic mass is 10.2. The molecule has 5 nitrogen and oxygen atoms in total. The van der Waals surface area contributed by atoms with Crippen LogP contribution in [0.5, 0.6) is 5.75 Å². The van der Waals surface area contributed by atoms with Crippen molar-refractivity contribution < 1.29 is 9.90 Å². The maximum atomic E-state index is 11.8. The van der Waals surface area contributed by atoms with Crippen molar-refractivity contribution in [1.82, 2.24) is 15.5 Å². The van der Waals surface area contributed by atoms with E-state index in [4.69, 9.17) is 0 Å². The number of nitrogens with zero attached hydrogens (tertiary/aromatic N) is 2. The number of halogens is 1. The predicted octanol–water partition coefficient (Wildman–Crippen LogP) is 1.87. The lowest BCUT2D eigenvalue weighted by Crippen LogP contribution is -2.23. The van der Waals surface area contributed by atoms with E-state index in [1.165, 1.54) is 6.07 Å². The van der Waals surface area contributed by atoms with Crippen LogP contribution in [0.25, 0.3) is 0 Å². The number of amides is 1. The zero-order chi connectivity index (χ0) is 13.0. The number of phenols is 1. The minimum Gasteiger partial charge on any atom is -0.507 e. The van der Waals surface area contributed by atoms with Gasteiger partial charge in [0.2, 0.25) is 0 Å². The van der Waals surface area contributed by atoms with Gasteiger partial charge in [-0.3, -0.25) is 4.79 Å². The third-order valence-corrected chi connectivity index (χ3v) is 2.94. The van der Waals surface area contributed by atoms with E-state index in [1.54, 1.807) is 30.5 Å². The molecule has 18 heavy (non-hydrogen) atoms. The van der Waals surface area contributed by atoms with Crippen LogP contribution in [-0.2, 0) is 6.54 Å². The summed E-state index contributed by atoms with van der Waals surface area (Å²) < 4.78 is 0.549.